The summed E-state index contributed by atoms with van der Waals surface area (Å²) in [5.74, 6) is 0. The van der Waals surface area contributed by atoms with Gasteiger partial charge < -0.3 is 5.73 Å². The van der Waals surface area contributed by atoms with E-state index in [4.69, 9.17) is 5.73 Å². The van der Waals surface area contributed by atoms with Crippen LogP contribution in [0.5, 0.6) is 0 Å². The van der Waals surface area contributed by atoms with E-state index in [2.05, 4.69) is 173 Å². The number of hydrogen-bond acceptors (Lipinski definition) is 1. The van der Waals surface area contributed by atoms with Crippen LogP contribution in [0.1, 0.15) is 59.7 Å². The molecule has 0 saturated carbocycles. The first-order valence-electron chi connectivity index (χ1n) is 18.6. The molecule has 0 amide bonds. The van der Waals surface area contributed by atoms with Crippen LogP contribution in [0, 0.1) is 33.6 Å². The van der Waals surface area contributed by atoms with Crippen molar-refractivity contribution in [3.8, 4) is 24.0 Å². The van der Waals surface area contributed by atoms with E-state index in [1.807, 2.05) is 57.2 Å². The second kappa shape index (κ2) is 23.3. The molecule has 0 spiro atoms. The van der Waals surface area contributed by atoms with Gasteiger partial charge in [-0.3, -0.25) is 0 Å². The Balaban J connectivity index is 0.000000335. The van der Waals surface area contributed by atoms with Crippen molar-refractivity contribution >= 4 is 22.5 Å². The molecule has 0 fully saturated rings. The molecule has 1 aliphatic carbocycles. The molecule has 0 heterocycles. The highest BCUT2D eigenvalue weighted by Gasteiger charge is 2.16. The summed E-state index contributed by atoms with van der Waals surface area (Å²) in [6.45, 7) is 12.7. The van der Waals surface area contributed by atoms with Gasteiger partial charge in [0.05, 0.1) is 0 Å². The molecule has 6 rings (SSSR count). The molecule has 0 saturated heterocycles. The van der Waals surface area contributed by atoms with Crippen molar-refractivity contribution in [1.29, 1.82) is 0 Å². The lowest BCUT2D eigenvalue weighted by atomic mass is 9.84. The summed E-state index contributed by atoms with van der Waals surface area (Å²) in [4.78, 5) is 0. The zero-order chi connectivity index (χ0) is 39.1. The lowest BCUT2D eigenvalue weighted by Gasteiger charge is -2.19. The maximum atomic E-state index is 6.15. The molecule has 1 heteroatoms. The Labute approximate surface area is 325 Å². The third-order valence-electron chi connectivity index (χ3n) is 8.96. The van der Waals surface area contributed by atoms with Crippen LogP contribution >= 0.6 is 0 Å². The molecule has 0 aliphatic heterocycles. The van der Waals surface area contributed by atoms with E-state index in [9.17, 15) is 0 Å². The number of nitrogens with two attached hydrogens (primary N) is 1. The van der Waals surface area contributed by atoms with Gasteiger partial charge in [-0.05, 0) is 139 Å². The van der Waals surface area contributed by atoms with Crippen molar-refractivity contribution in [1.82, 2.24) is 0 Å². The third-order valence-corrected chi connectivity index (χ3v) is 8.96. The van der Waals surface area contributed by atoms with Gasteiger partial charge in [-0.1, -0.05) is 152 Å². The summed E-state index contributed by atoms with van der Waals surface area (Å²) in [5.41, 5.74) is 25.8. The molecule has 1 nitrogen and oxygen atoms in total. The van der Waals surface area contributed by atoms with Crippen LogP contribution < -0.4 is 5.73 Å². The fourth-order valence-corrected chi connectivity index (χ4v) is 6.05. The molecule has 272 valence electrons. The summed E-state index contributed by atoms with van der Waals surface area (Å²) in [5, 5.41) is 2.65. The fraction of sp³-hybridized carbons (Fsp3) is 0.170. The number of anilines is 1. The van der Waals surface area contributed by atoms with Crippen LogP contribution in [0.4, 0.5) is 5.69 Å². The Kier molecular flexibility index (Phi) is 18.2. The fourth-order valence-electron chi connectivity index (χ4n) is 6.05. The molecule has 5 aromatic rings. The smallest absolute Gasteiger partial charge is 0.0346 e. The first-order valence-corrected chi connectivity index (χ1v) is 18.6. The number of terminal acetylenes is 1. The number of hydrogen-bond donors (Lipinski definition) is 1. The molecule has 2 N–H and O–H groups in total. The summed E-state index contributed by atoms with van der Waals surface area (Å²) in [7, 11) is 0. The molecule has 0 unspecified atom stereocenters. The highest BCUT2D eigenvalue weighted by atomic mass is 14.5. The van der Waals surface area contributed by atoms with E-state index in [0.29, 0.717) is 0 Å². The first kappa shape index (κ1) is 42.1. The highest BCUT2D eigenvalue weighted by Crippen LogP contribution is 2.38. The maximum absolute atomic E-state index is 6.15. The minimum absolute atomic E-state index is 0.851. The average Bonchev–Trinajstić information content (AvgIpc) is 3.19. The van der Waals surface area contributed by atoms with E-state index in [-0.39, 0.29) is 0 Å². The highest BCUT2D eigenvalue weighted by molar-refractivity contribution is 6.03. The number of rotatable bonds is 8. The lowest BCUT2D eigenvalue weighted by molar-refractivity contribution is 1.14. The van der Waals surface area contributed by atoms with Crippen LogP contribution in [0.3, 0.4) is 0 Å². The third kappa shape index (κ3) is 13.0. The van der Waals surface area contributed by atoms with E-state index in [1.54, 1.807) is 0 Å². The van der Waals surface area contributed by atoms with Crippen molar-refractivity contribution in [2.45, 2.75) is 60.8 Å². The van der Waals surface area contributed by atoms with Gasteiger partial charge in [0, 0.05) is 5.69 Å². The predicted octanol–water partition coefficient (Wildman–Crippen LogP) is 13.8. The van der Waals surface area contributed by atoms with Crippen molar-refractivity contribution in [3.05, 3.63) is 214 Å². The second-order valence-electron chi connectivity index (χ2n) is 13.0. The molecule has 0 radical (unpaired) electrons. The standard InChI is InChI=1S/C34H35N.C9H8.C8H10.C2H2/c1-5-6-7-11-16-30-29(17-12-13-27-20-19-25(3)33(35)23-27)26(4)34(28-14-9-8-10-15-28)31-21-18-24(2)22-32(30)31;1-9-7-5-3-2-4-6-8-9;1-2-8-6-4-3-5-7-8;1-2/h5-12,14-15,17-23H,13,16,35H2,1-4H3;3-7H,1H3;3-7H,2H2,1H3;1-2H/b6-5-,11-7-,17-12-;7-5-;;. The van der Waals surface area contributed by atoms with Gasteiger partial charge in [-0.25, -0.2) is 0 Å². The summed E-state index contributed by atoms with van der Waals surface area (Å²) >= 11 is 0. The van der Waals surface area contributed by atoms with Gasteiger partial charge in [0.15, 0.2) is 0 Å². The monoisotopic (exact) mass is 705 g/mol. The van der Waals surface area contributed by atoms with Gasteiger partial charge in [-0.2, -0.15) is 0 Å². The molecular formula is C53H55N. The minimum atomic E-state index is 0.851. The molecule has 0 bridgehead atoms. The Morgan fingerprint density at radius 3 is 2.09 bits per heavy atom. The van der Waals surface area contributed by atoms with Crippen molar-refractivity contribution in [2.75, 3.05) is 5.73 Å². The Morgan fingerprint density at radius 1 is 0.704 bits per heavy atom. The van der Waals surface area contributed by atoms with Crippen LogP contribution in [0.15, 0.2) is 175 Å². The van der Waals surface area contributed by atoms with E-state index < -0.39 is 0 Å². The molecule has 5 aromatic carbocycles. The summed E-state index contributed by atoms with van der Waals surface area (Å²) in [6.07, 6.45) is 33.6. The van der Waals surface area contributed by atoms with Crippen molar-refractivity contribution < 1.29 is 0 Å². The Bertz CT molecular complexity index is 2220. The van der Waals surface area contributed by atoms with E-state index >= 15 is 0 Å². The molecular weight excluding hydrogens is 651 g/mol. The number of nitrogen functional groups attached to an aromatic ring is 1. The zero-order valence-electron chi connectivity index (χ0n) is 32.9. The Morgan fingerprint density at radius 2 is 1.43 bits per heavy atom. The lowest BCUT2D eigenvalue weighted by Crippen LogP contribution is -1.99. The minimum Gasteiger partial charge on any atom is -0.399 e. The molecule has 1 aliphatic rings. The van der Waals surface area contributed by atoms with Crippen LogP contribution in [0.25, 0.3) is 28.0 Å². The topological polar surface area (TPSA) is 26.0 Å². The van der Waals surface area contributed by atoms with Crippen molar-refractivity contribution in [2.24, 2.45) is 0 Å². The largest absolute Gasteiger partial charge is 0.399 e. The SMILES string of the molecule is C#C.C/C=C\C=C/Cc1c(/C=C\Cc2ccc(C)c(N)c2)c(C)c(-c2ccccc2)c2ccc(C)cc12.CC1=C=CC=C=C/C=C\1.CCc1ccccc1. The first-order chi connectivity index (χ1) is 26.3. The summed E-state index contributed by atoms with van der Waals surface area (Å²) < 4.78 is 0. The molecule has 0 aromatic heterocycles. The van der Waals surface area contributed by atoms with Gasteiger partial charge in [0.1, 0.15) is 0 Å². The van der Waals surface area contributed by atoms with Gasteiger partial charge >= 0.3 is 0 Å². The molecule has 54 heavy (non-hydrogen) atoms. The quantitative estimate of drug-likeness (QED) is 0.0739. The maximum Gasteiger partial charge on any atom is 0.0346 e. The van der Waals surface area contributed by atoms with Crippen LogP contribution in [-0.2, 0) is 19.3 Å². The van der Waals surface area contributed by atoms with Gasteiger partial charge in [0.2, 0.25) is 0 Å². The second-order valence-corrected chi connectivity index (χ2v) is 13.0. The van der Waals surface area contributed by atoms with E-state index in [0.717, 1.165) is 36.1 Å². The molecule has 0 atom stereocenters. The average molecular weight is 706 g/mol. The van der Waals surface area contributed by atoms with Gasteiger partial charge in [0.25, 0.3) is 0 Å². The Hall–Kier alpha value is -6.28. The predicted molar refractivity (Wildman–Crippen MR) is 240 cm³/mol. The van der Waals surface area contributed by atoms with Crippen molar-refractivity contribution in [3.63, 3.8) is 0 Å². The van der Waals surface area contributed by atoms with Crippen LogP contribution in [0.2, 0.25) is 0 Å². The van der Waals surface area contributed by atoms with E-state index in [1.165, 1.54) is 55.3 Å². The number of fused-ring (bicyclic) bond motifs is 1. The number of benzene rings is 5. The normalized spacial score (nSPS) is 12.3. The zero-order valence-corrected chi connectivity index (χ0v) is 32.9. The number of aryl methyl sites for hydroxylation is 3. The van der Waals surface area contributed by atoms with Gasteiger partial charge in [-0.15, -0.1) is 24.3 Å². The summed E-state index contributed by atoms with van der Waals surface area (Å²) in [6, 6.07) is 34.5. The van der Waals surface area contributed by atoms with Crippen LogP contribution in [-0.4, -0.2) is 0 Å². The number of allylic oxidation sites excluding steroid dienone is 9.